The number of piperidine rings is 1. The molecule has 124 valence electrons. The largest absolute Gasteiger partial charge is 0.478 e. The molecule has 1 aromatic carbocycles. The third-order valence-corrected chi connectivity index (χ3v) is 4.67. The summed E-state index contributed by atoms with van der Waals surface area (Å²) in [5, 5.41) is 9.13. The number of benzene rings is 1. The first-order valence-electron chi connectivity index (χ1n) is 8.08. The number of hydrogen-bond donors (Lipinski definition) is 3. The van der Waals surface area contributed by atoms with Crippen molar-refractivity contribution in [2.45, 2.75) is 32.8 Å². The van der Waals surface area contributed by atoms with E-state index in [1.54, 1.807) is 25.1 Å². The number of para-hydroxylation sites is 1. The van der Waals surface area contributed by atoms with Crippen LogP contribution >= 0.6 is 0 Å². The van der Waals surface area contributed by atoms with E-state index >= 15 is 0 Å². The highest BCUT2D eigenvalue weighted by atomic mass is 16.5. The molecule has 2 amide bonds. The zero-order chi connectivity index (χ0) is 16.4. The fraction of sp³-hybridized carbons (Fsp3) is 0.529. The molecule has 0 aromatic heterocycles. The van der Waals surface area contributed by atoms with E-state index in [1.165, 1.54) is 0 Å². The number of anilines is 1. The standard InChI is InChI=1S/C17H23N3O3/c1-11-15(21)20-13-5-3-4-12(14(13)23-11)16(22)19-10-17(2)6-8-18-9-7-17/h3-5,11,18H,6-10H2,1-2H3,(H,19,22)(H,20,21). The van der Waals surface area contributed by atoms with E-state index in [9.17, 15) is 9.59 Å². The summed E-state index contributed by atoms with van der Waals surface area (Å²) in [6.07, 6.45) is 1.49. The summed E-state index contributed by atoms with van der Waals surface area (Å²) in [7, 11) is 0. The van der Waals surface area contributed by atoms with Crippen molar-refractivity contribution in [3.05, 3.63) is 23.8 Å². The van der Waals surface area contributed by atoms with Crippen LogP contribution in [0.1, 0.15) is 37.0 Å². The van der Waals surface area contributed by atoms with E-state index in [-0.39, 0.29) is 17.2 Å². The van der Waals surface area contributed by atoms with Crippen LogP contribution in [0, 0.1) is 5.41 Å². The second-order valence-electron chi connectivity index (χ2n) is 6.67. The summed E-state index contributed by atoms with van der Waals surface area (Å²) in [5.41, 5.74) is 1.14. The number of carbonyl (C=O) groups excluding carboxylic acids is 2. The van der Waals surface area contributed by atoms with Gasteiger partial charge in [-0.05, 0) is 50.4 Å². The van der Waals surface area contributed by atoms with Crippen molar-refractivity contribution in [1.29, 1.82) is 0 Å². The number of fused-ring (bicyclic) bond motifs is 1. The predicted molar refractivity (Wildman–Crippen MR) is 87.7 cm³/mol. The van der Waals surface area contributed by atoms with Crippen LogP contribution < -0.4 is 20.7 Å². The molecule has 6 nitrogen and oxygen atoms in total. The second-order valence-corrected chi connectivity index (χ2v) is 6.67. The van der Waals surface area contributed by atoms with Gasteiger partial charge in [0, 0.05) is 6.54 Å². The van der Waals surface area contributed by atoms with Crippen molar-refractivity contribution < 1.29 is 14.3 Å². The van der Waals surface area contributed by atoms with Crippen molar-refractivity contribution in [2.75, 3.05) is 25.0 Å². The molecule has 2 heterocycles. The molecule has 0 radical (unpaired) electrons. The lowest BCUT2D eigenvalue weighted by atomic mass is 9.81. The summed E-state index contributed by atoms with van der Waals surface area (Å²) in [4.78, 5) is 24.2. The topological polar surface area (TPSA) is 79.5 Å². The molecule has 6 heteroatoms. The molecule has 3 N–H and O–H groups in total. The van der Waals surface area contributed by atoms with E-state index < -0.39 is 6.10 Å². The lowest BCUT2D eigenvalue weighted by molar-refractivity contribution is -0.122. The Bertz CT molecular complexity index is 624. The molecule has 0 aliphatic carbocycles. The van der Waals surface area contributed by atoms with Gasteiger partial charge in [-0.15, -0.1) is 0 Å². The van der Waals surface area contributed by atoms with Gasteiger partial charge in [-0.25, -0.2) is 0 Å². The van der Waals surface area contributed by atoms with Crippen molar-refractivity contribution in [2.24, 2.45) is 5.41 Å². The van der Waals surface area contributed by atoms with Crippen LogP contribution in [-0.2, 0) is 4.79 Å². The molecule has 23 heavy (non-hydrogen) atoms. The summed E-state index contributed by atoms with van der Waals surface area (Å²) < 4.78 is 5.63. The minimum absolute atomic E-state index is 0.123. The Labute approximate surface area is 136 Å². The number of amides is 2. The molecule has 1 saturated heterocycles. The van der Waals surface area contributed by atoms with Gasteiger partial charge in [0.1, 0.15) is 0 Å². The molecular weight excluding hydrogens is 294 g/mol. The molecule has 1 atom stereocenters. The Morgan fingerprint density at radius 1 is 1.39 bits per heavy atom. The summed E-state index contributed by atoms with van der Waals surface area (Å²) >= 11 is 0. The number of hydrogen-bond acceptors (Lipinski definition) is 4. The third-order valence-electron chi connectivity index (χ3n) is 4.67. The predicted octanol–water partition coefficient (Wildman–Crippen LogP) is 1.53. The van der Waals surface area contributed by atoms with E-state index in [0.29, 0.717) is 23.5 Å². The molecule has 2 aliphatic heterocycles. The average Bonchev–Trinajstić information content (AvgIpc) is 2.54. The summed E-state index contributed by atoms with van der Waals surface area (Å²) in [6, 6.07) is 5.22. The monoisotopic (exact) mass is 317 g/mol. The third kappa shape index (κ3) is 3.32. The number of rotatable bonds is 3. The molecule has 3 rings (SSSR count). The van der Waals surface area contributed by atoms with Gasteiger partial charge in [-0.1, -0.05) is 13.0 Å². The smallest absolute Gasteiger partial charge is 0.265 e. The molecule has 2 aliphatic rings. The number of nitrogens with one attached hydrogen (secondary N) is 3. The van der Waals surface area contributed by atoms with E-state index in [0.717, 1.165) is 25.9 Å². The number of carbonyl (C=O) groups is 2. The van der Waals surface area contributed by atoms with Crippen molar-refractivity contribution in [3.63, 3.8) is 0 Å². The molecule has 1 fully saturated rings. The van der Waals surface area contributed by atoms with Crippen LogP contribution in [0.3, 0.4) is 0 Å². The Morgan fingerprint density at radius 3 is 2.87 bits per heavy atom. The van der Waals surface area contributed by atoms with E-state index in [2.05, 4.69) is 22.9 Å². The quantitative estimate of drug-likeness (QED) is 0.790. The normalized spacial score (nSPS) is 22.5. The summed E-state index contributed by atoms with van der Waals surface area (Å²) in [5.74, 6) is 0.0924. The SMILES string of the molecule is CC1Oc2c(cccc2C(=O)NCC2(C)CCNCC2)NC1=O. The van der Waals surface area contributed by atoms with Crippen molar-refractivity contribution in [3.8, 4) is 5.75 Å². The minimum atomic E-state index is -0.599. The van der Waals surface area contributed by atoms with Crippen molar-refractivity contribution in [1.82, 2.24) is 10.6 Å². The van der Waals surface area contributed by atoms with Crippen LogP contribution in [0.4, 0.5) is 5.69 Å². The van der Waals surface area contributed by atoms with Gasteiger partial charge in [0.15, 0.2) is 11.9 Å². The maximum absolute atomic E-state index is 12.6. The van der Waals surface area contributed by atoms with E-state index in [4.69, 9.17) is 4.74 Å². The fourth-order valence-corrected chi connectivity index (χ4v) is 3.00. The Morgan fingerprint density at radius 2 is 2.13 bits per heavy atom. The van der Waals surface area contributed by atoms with Gasteiger partial charge in [-0.3, -0.25) is 9.59 Å². The van der Waals surface area contributed by atoms with Gasteiger partial charge in [0.25, 0.3) is 11.8 Å². The average molecular weight is 317 g/mol. The molecule has 1 aromatic rings. The van der Waals surface area contributed by atoms with Gasteiger partial charge >= 0.3 is 0 Å². The molecule has 0 saturated carbocycles. The van der Waals surface area contributed by atoms with Gasteiger partial charge in [-0.2, -0.15) is 0 Å². The maximum atomic E-state index is 12.6. The van der Waals surface area contributed by atoms with Gasteiger partial charge in [0.05, 0.1) is 11.3 Å². The van der Waals surface area contributed by atoms with Gasteiger partial charge < -0.3 is 20.7 Å². The molecule has 0 spiro atoms. The lowest BCUT2D eigenvalue weighted by Crippen LogP contribution is -2.43. The van der Waals surface area contributed by atoms with E-state index in [1.807, 2.05) is 0 Å². The first-order chi connectivity index (χ1) is 11.0. The summed E-state index contributed by atoms with van der Waals surface area (Å²) in [6.45, 7) is 6.48. The lowest BCUT2D eigenvalue weighted by Gasteiger charge is -2.34. The Hall–Kier alpha value is -2.08. The van der Waals surface area contributed by atoms with Crippen molar-refractivity contribution >= 4 is 17.5 Å². The zero-order valence-corrected chi connectivity index (χ0v) is 13.6. The highest BCUT2D eigenvalue weighted by molar-refractivity contribution is 6.03. The highest BCUT2D eigenvalue weighted by Crippen LogP contribution is 2.33. The number of ether oxygens (including phenoxy) is 1. The first-order valence-corrected chi connectivity index (χ1v) is 8.08. The first kappa shape index (κ1) is 15.8. The van der Waals surface area contributed by atoms with Crippen LogP contribution in [-0.4, -0.2) is 37.6 Å². The minimum Gasteiger partial charge on any atom is -0.478 e. The fourth-order valence-electron chi connectivity index (χ4n) is 3.00. The van der Waals surface area contributed by atoms with Crippen LogP contribution in [0.2, 0.25) is 0 Å². The maximum Gasteiger partial charge on any atom is 0.265 e. The van der Waals surface area contributed by atoms with Crippen LogP contribution in [0.15, 0.2) is 18.2 Å². The second kappa shape index (κ2) is 6.20. The van der Waals surface area contributed by atoms with Gasteiger partial charge in [0.2, 0.25) is 0 Å². The Balaban J connectivity index is 1.73. The molecular formula is C17H23N3O3. The zero-order valence-electron chi connectivity index (χ0n) is 13.6. The Kier molecular flexibility index (Phi) is 4.26. The molecule has 1 unspecified atom stereocenters. The molecule has 0 bridgehead atoms. The highest BCUT2D eigenvalue weighted by Gasteiger charge is 2.30. The van der Waals surface area contributed by atoms with Crippen LogP contribution in [0.5, 0.6) is 5.75 Å². The van der Waals surface area contributed by atoms with Crippen LogP contribution in [0.25, 0.3) is 0 Å².